The molecule has 1 atom stereocenters. The van der Waals surface area contributed by atoms with Gasteiger partial charge in [0.05, 0.1) is 12.2 Å². The van der Waals surface area contributed by atoms with Crippen LogP contribution in [0, 0.1) is 0 Å². The fourth-order valence-corrected chi connectivity index (χ4v) is 3.41. The highest BCUT2D eigenvalue weighted by atomic mass is 32.1. The maximum Gasteiger partial charge on any atom is 0.319 e. The molecule has 0 bridgehead atoms. The molecule has 110 valence electrons. The number of aryl methyl sites for hydroxylation is 1. The van der Waals surface area contributed by atoms with E-state index >= 15 is 0 Å². The quantitative estimate of drug-likeness (QED) is 0.816. The molecule has 0 saturated heterocycles. The minimum atomic E-state index is -0.971. The second-order valence-corrected chi connectivity index (χ2v) is 6.14. The summed E-state index contributed by atoms with van der Waals surface area (Å²) in [6.45, 7) is 0.222. The van der Waals surface area contributed by atoms with E-state index in [1.54, 1.807) is 0 Å². The predicted molar refractivity (Wildman–Crippen MR) is 84.6 cm³/mol. The molecule has 1 heterocycles. The van der Waals surface area contributed by atoms with E-state index in [0.29, 0.717) is 6.42 Å². The third-order valence-electron chi connectivity index (χ3n) is 3.88. The molecule has 0 fully saturated rings. The molecule has 1 aromatic carbocycles. The second kappa shape index (κ2) is 5.87. The number of fused-ring (bicyclic) bond motifs is 1. The Bertz CT molecular complexity index is 627. The van der Waals surface area contributed by atoms with Gasteiger partial charge >= 0.3 is 6.03 Å². The molecule has 4 nitrogen and oxygen atoms in total. The molecule has 1 aliphatic carbocycles. The maximum atomic E-state index is 11.9. The lowest BCUT2D eigenvalue weighted by Crippen LogP contribution is -2.44. The van der Waals surface area contributed by atoms with E-state index in [2.05, 4.69) is 10.6 Å². The number of carbonyl (C=O) groups is 1. The zero-order chi connectivity index (χ0) is 14.7. The van der Waals surface area contributed by atoms with Crippen molar-refractivity contribution in [3.05, 3.63) is 52.2 Å². The normalized spacial score (nSPS) is 20.6. The number of benzene rings is 1. The molecule has 1 unspecified atom stereocenters. The van der Waals surface area contributed by atoms with Crippen LogP contribution in [0.5, 0.6) is 0 Å². The molecule has 3 rings (SSSR count). The largest absolute Gasteiger partial charge is 0.383 e. The van der Waals surface area contributed by atoms with Crippen LogP contribution in [-0.2, 0) is 12.0 Å². The van der Waals surface area contributed by atoms with Crippen LogP contribution in [0.3, 0.4) is 0 Å². The van der Waals surface area contributed by atoms with Gasteiger partial charge in [-0.15, -0.1) is 0 Å². The minimum absolute atomic E-state index is 0.222. The van der Waals surface area contributed by atoms with Crippen molar-refractivity contribution < 1.29 is 9.90 Å². The number of hydrogen-bond donors (Lipinski definition) is 3. The summed E-state index contributed by atoms with van der Waals surface area (Å²) >= 11 is 1.53. The second-order valence-electron chi connectivity index (χ2n) is 5.36. The average molecular weight is 302 g/mol. The van der Waals surface area contributed by atoms with Gasteiger partial charge < -0.3 is 15.7 Å². The number of anilines is 1. The molecular formula is C16H18N2O2S. The fraction of sp³-hybridized carbons (Fsp3) is 0.312. The highest BCUT2D eigenvalue weighted by molar-refractivity contribution is 7.08. The predicted octanol–water partition coefficient (Wildman–Crippen LogP) is 3.09. The Balaban J connectivity index is 1.66. The Kier molecular flexibility index (Phi) is 3.94. The first-order chi connectivity index (χ1) is 10.2. The summed E-state index contributed by atoms with van der Waals surface area (Å²) in [6.07, 6.45) is 2.59. The van der Waals surface area contributed by atoms with Gasteiger partial charge in [0.25, 0.3) is 0 Å². The van der Waals surface area contributed by atoms with Gasteiger partial charge in [-0.1, -0.05) is 24.3 Å². The first kappa shape index (κ1) is 14.1. The van der Waals surface area contributed by atoms with Gasteiger partial charge in [0.15, 0.2) is 0 Å². The average Bonchev–Trinajstić information content (AvgIpc) is 2.99. The van der Waals surface area contributed by atoms with Crippen molar-refractivity contribution >= 4 is 23.1 Å². The Hall–Kier alpha value is -1.85. The molecule has 0 aliphatic heterocycles. The SMILES string of the molecule is O=C(NCC1(O)CCCc2ccccc21)Nc1ccsc1. The molecule has 21 heavy (non-hydrogen) atoms. The van der Waals surface area contributed by atoms with Gasteiger partial charge in [0, 0.05) is 5.38 Å². The molecule has 3 N–H and O–H groups in total. The third-order valence-corrected chi connectivity index (χ3v) is 4.56. The number of amides is 2. The van der Waals surface area contributed by atoms with Crippen molar-refractivity contribution in [1.82, 2.24) is 5.32 Å². The lowest BCUT2D eigenvalue weighted by Gasteiger charge is -2.34. The molecule has 0 radical (unpaired) electrons. The van der Waals surface area contributed by atoms with Crippen molar-refractivity contribution in [2.75, 3.05) is 11.9 Å². The Morgan fingerprint density at radius 1 is 1.33 bits per heavy atom. The third kappa shape index (κ3) is 3.09. The van der Waals surface area contributed by atoms with Crippen LogP contribution in [0.4, 0.5) is 10.5 Å². The zero-order valence-electron chi connectivity index (χ0n) is 11.6. The first-order valence-corrected chi connectivity index (χ1v) is 7.99. The topological polar surface area (TPSA) is 61.4 Å². The number of carbonyl (C=O) groups excluding carboxylic acids is 1. The van der Waals surface area contributed by atoms with E-state index in [-0.39, 0.29) is 12.6 Å². The van der Waals surface area contributed by atoms with Crippen LogP contribution in [0.2, 0.25) is 0 Å². The van der Waals surface area contributed by atoms with Gasteiger partial charge in [-0.25, -0.2) is 4.79 Å². The zero-order valence-corrected chi connectivity index (χ0v) is 12.5. The number of thiophene rings is 1. The number of urea groups is 1. The lowest BCUT2D eigenvalue weighted by atomic mass is 9.79. The van der Waals surface area contributed by atoms with Crippen molar-refractivity contribution in [3.63, 3.8) is 0 Å². The summed E-state index contributed by atoms with van der Waals surface area (Å²) in [5.41, 5.74) is 1.91. The molecule has 0 spiro atoms. The maximum absolute atomic E-state index is 11.9. The van der Waals surface area contributed by atoms with Crippen molar-refractivity contribution in [2.45, 2.75) is 24.9 Å². The fourth-order valence-electron chi connectivity index (χ4n) is 2.82. The van der Waals surface area contributed by atoms with Gasteiger partial charge in [0.1, 0.15) is 5.60 Å². The summed E-state index contributed by atoms with van der Waals surface area (Å²) in [4.78, 5) is 11.9. The van der Waals surface area contributed by atoms with E-state index in [0.717, 1.165) is 24.1 Å². The van der Waals surface area contributed by atoms with Crippen LogP contribution in [0.25, 0.3) is 0 Å². The Morgan fingerprint density at radius 3 is 3.00 bits per heavy atom. The van der Waals surface area contributed by atoms with Gasteiger partial charge in [0.2, 0.25) is 0 Å². The van der Waals surface area contributed by atoms with E-state index in [4.69, 9.17) is 0 Å². The van der Waals surface area contributed by atoms with E-state index in [9.17, 15) is 9.90 Å². The molecule has 1 aromatic heterocycles. The minimum Gasteiger partial charge on any atom is -0.383 e. The Morgan fingerprint density at radius 2 is 2.19 bits per heavy atom. The van der Waals surface area contributed by atoms with Crippen molar-refractivity contribution in [1.29, 1.82) is 0 Å². The van der Waals surface area contributed by atoms with Crippen LogP contribution in [0.15, 0.2) is 41.1 Å². The van der Waals surface area contributed by atoms with E-state index in [1.807, 2.05) is 41.1 Å². The van der Waals surface area contributed by atoms with Gasteiger partial charge in [-0.3, -0.25) is 0 Å². The summed E-state index contributed by atoms with van der Waals surface area (Å²) in [5, 5.41) is 20.2. The first-order valence-electron chi connectivity index (χ1n) is 7.05. The van der Waals surface area contributed by atoms with E-state index in [1.165, 1.54) is 16.9 Å². The summed E-state index contributed by atoms with van der Waals surface area (Å²) in [6, 6.07) is 9.47. The monoisotopic (exact) mass is 302 g/mol. The van der Waals surface area contributed by atoms with Crippen LogP contribution < -0.4 is 10.6 Å². The molecule has 0 saturated carbocycles. The Labute approximate surface area is 127 Å². The highest BCUT2D eigenvalue weighted by Crippen LogP contribution is 2.34. The number of rotatable bonds is 3. The van der Waals surface area contributed by atoms with Crippen LogP contribution >= 0.6 is 11.3 Å². The van der Waals surface area contributed by atoms with E-state index < -0.39 is 5.60 Å². The van der Waals surface area contributed by atoms with Gasteiger partial charge in [-0.05, 0) is 41.8 Å². The summed E-state index contributed by atoms with van der Waals surface area (Å²) in [7, 11) is 0. The molecule has 2 aromatic rings. The number of hydrogen-bond acceptors (Lipinski definition) is 3. The number of aliphatic hydroxyl groups is 1. The lowest BCUT2D eigenvalue weighted by molar-refractivity contribution is 0.0221. The smallest absolute Gasteiger partial charge is 0.319 e. The van der Waals surface area contributed by atoms with Crippen LogP contribution in [0.1, 0.15) is 24.0 Å². The standard InChI is InChI=1S/C16H18N2O2S/c19-15(18-13-7-9-21-10-13)17-11-16(20)8-3-5-12-4-1-2-6-14(12)16/h1-2,4,6-7,9-10,20H,3,5,8,11H2,(H2,17,18,19). The van der Waals surface area contributed by atoms with Gasteiger partial charge in [-0.2, -0.15) is 11.3 Å². The molecule has 1 aliphatic rings. The van der Waals surface area contributed by atoms with Crippen molar-refractivity contribution in [3.8, 4) is 0 Å². The molecular weight excluding hydrogens is 284 g/mol. The molecule has 2 amide bonds. The summed E-state index contributed by atoms with van der Waals surface area (Å²) in [5.74, 6) is 0. The summed E-state index contributed by atoms with van der Waals surface area (Å²) < 4.78 is 0. The van der Waals surface area contributed by atoms with Crippen molar-refractivity contribution in [2.24, 2.45) is 0 Å². The number of nitrogens with one attached hydrogen (secondary N) is 2. The highest BCUT2D eigenvalue weighted by Gasteiger charge is 2.34. The van der Waals surface area contributed by atoms with Crippen LogP contribution in [-0.4, -0.2) is 17.7 Å². The molecule has 5 heteroatoms.